The van der Waals surface area contributed by atoms with Gasteiger partial charge in [-0.25, -0.2) is 0 Å². The van der Waals surface area contributed by atoms with E-state index in [4.69, 9.17) is 10.5 Å². The van der Waals surface area contributed by atoms with Crippen molar-refractivity contribution in [3.05, 3.63) is 30.6 Å². The molecule has 1 aliphatic rings. The molecule has 0 spiro atoms. The van der Waals surface area contributed by atoms with Crippen molar-refractivity contribution in [2.75, 3.05) is 18.2 Å². The maximum absolute atomic E-state index is 5.96. The van der Waals surface area contributed by atoms with Gasteiger partial charge in [0.2, 0.25) is 0 Å². The average molecular weight is 243 g/mol. The molecule has 4 heteroatoms. The first-order chi connectivity index (χ1) is 8.78. The monoisotopic (exact) mass is 243 g/mol. The number of hydrogen-bond acceptors (Lipinski definition) is 4. The molecule has 2 aromatic rings. The molecule has 1 saturated carbocycles. The molecule has 1 aliphatic carbocycles. The molecule has 0 bridgehead atoms. The molecule has 1 fully saturated rings. The van der Waals surface area contributed by atoms with Crippen LogP contribution in [0.25, 0.3) is 10.8 Å². The Balaban J connectivity index is 1.87. The number of aromatic nitrogens is 1. The molecule has 1 heterocycles. The fourth-order valence-electron chi connectivity index (χ4n) is 2.43. The van der Waals surface area contributed by atoms with E-state index in [0.717, 1.165) is 35.0 Å². The Kier molecular flexibility index (Phi) is 2.80. The summed E-state index contributed by atoms with van der Waals surface area (Å²) in [5, 5.41) is 5.68. The molecular formula is C14H17N3O. The summed E-state index contributed by atoms with van der Waals surface area (Å²) in [5.41, 5.74) is 7.85. The second kappa shape index (κ2) is 4.46. The van der Waals surface area contributed by atoms with Crippen LogP contribution in [-0.4, -0.2) is 24.2 Å². The van der Waals surface area contributed by atoms with E-state index >= 15 is 0 Å². The first-order valence-electron chi connectivity index (χ1n) is 6.19. The summed E-state index contributed by atoms with van der Waals surface area (Å²) in [7, 11) is 1.77. The molecule has 0 saturated heterocycles. The van der Waals surface area contributed by atoms with Gasteiger partial charge in [0.1, 0.15) is 0 Å². The predicted octanol–water partition coefficient (Wildman–Crippen LogP) is 2.41. The maximum Gasteiger partial charge on any atom is 0.0610 e. The minimum Gasteiger partial charge on any atom is -0.398 e. The highest BCUT2D eigenvalue weighted by Crippen LogP contribution is 2.31. The summed E-state index contributed by atoms with van der Waals surface area (Å²) in [6.45, 7) is 0. The van der Waals surface area contributed by atoms with Gasteiger partial charge in [-0.05, 0) is 31.0 Å². The van der Waals surface area contributed by atoms with Gasteiger partial charge in [0, 0.05) is 47.7 Å². The number of fused-ring (bicyclic) bond motifs is 1. The van der Waals surface area contributed by atoms with Crippen LogP contribution in [0, 0.1) is 0 Å². The highest BCUT2D eigenvalue weighted by Gasteiger charge is 2.29. The molecule has 0 amide bonds. The SMILES string of the molecule is COC1CC(Nc2ccc(N)c3cnccc23)C1. The molecule has 1 aromatic heterocycles. The largest absolute Gasteiger partial charge is 0.398 e. The minimum absolute atomic E-state index is 0.407. The predicted molar refractivity (Wildman–Crippen MR) is 73.6 cm³/mol. The van der Waals surface area contributed by atoms with Crippen molar-refractivity contribution in [3.63, 3.8) is 0 Å². The number of hydrogen-bond donors (Lipinski definition) is 2. The number of pyridine rings is 1. The van der Waals surface area contributed by atoms with Gasteiger partial charge in [0.25, 0.3) is 0 Å². The maximum atomic E-state index is 5.96. The number of nitrogens with two attached hydrogens (primary N) is 1. The van der Waals surface area contributed by atoms with Gasteiger partial charge >= 0.3 is 0 Å². The minimum atomic E-state index is 0.407. The Hall–Kier alpha value is -1.81. The molecule has 0 atom stereocenters. The molecule has 3 N–H and O–H groups in total. The second-order valence-corrected chi connectivity index (χ2v) is 4.79. The molecule has 18 heavy (non-hydrogen) atoms. The van der Waals surface area contributed by atoms with Crippen molar-refractivity contribution >= 4 is 22.1 Å². The number of benzene rings is 1. The molecule has 0 radical (unpaired) electrons. The quantitative estimate of drug-likeness (QED) is 0.813. The topological polar surface area (TPSA) is 60.2 Å². The summed E-state index contributed by atoms with van der Waals surface area (Å²) in [4.78, 5) is 4.13. The van der Waals surface area contributed by atoms with E-state index in [-0.39, 0.29) is 0 Å². The Bertz CT molecular complexity index is 564. The van der Waals surface area contributed by atoms with E-state index in [2.05, 4.69) is 10.3 Å². The molecule has 94 valence electrons. The number of nitrogens with one attached hydrogen (secondary N) is 1. The van der Waals surface area contributed by atoms with Gasteiger partial charge in [-0.2, -0.15) is 0 Å². The summed E-state index contributed by atoms with van der Waals surface area (Å²) in [6.07, 6.45) is 6.14. The average Bonchev–Trinajstić information content (AvgIpc) is 2.36. The molecule has 0 unspecified atom stereocenters. The molecular weight excluding hydrogens is 226 g/mol. The van der Waals surface area contributed by atoms with Gasteiger partial charge in [-0.1, -0.05) is 0 Å². The summed E-state index contributed by atoms with van der Waals surface area (Å²) in [5.74, 6) is 0. The lowest BCUT2D eigenvalue weighted by Crippen LogP contribution is -2.40. The van der Waals surface area contributed by atoms with Crippen LogP contribution < -0.4 is 11.1 Å². The Labute approximate surface area is 106 Å². The third-order valence-electron chi connectivity index (χ3n) is 3.64. The highest BCUT2D eigenvalue weighted by atomic mass is 16.5. The second-order valence-electron chi connectivity index (χ2n) is 4.79. The Morgan fingerprint density at radius 1 is 1.28 bits per heavy atom. The Morgan fingerprint density at radius 2 is 2.11 bits per heavy atom. The smallest absolute Gasteiger partial charge is 0.0610 e. The van der Waals surface area contributed by atoms with Crippen LogP contribution >= 0.6 is 0 Å². The lowest BCUT2D eigenvalue weighted by atomic mass is 9.89. The molecule has 0 aliphatic heterocycles. The van der Waals surface area contributed by atoms with Gasteiger partial charge < -0.3 is 15.8 Å². The fraction of sp³-hybridized carbons (Fsp3) is 0.357. The number of rotatable bonds is 3. The normalized spacial score (nSPS) is 22.7. The summed E-state index contributed by atoms with van der Waals surface area (Å²) in [6, 6.07) is 6.46. The van der Waals surface area contributed by atoms with E-state index < -0.39 is 0 Å². The number of ether oxygens (including phenoxy) is 1. The van der Waals surface area contributed by atoms with Gasteiger partial charge in [-0.3, -0.25) is 4.98 Å². The van der Waals surface area contributed by atoms with Crippen LogP contribution in [0.5, 0.6) is 0 Å². The van der Waals surface area contributed by atoms with Crippen LogP contribution in [0.1, 0.15) is 12.8 Å². The third kappa shape index (κ3) is 1.88. The zero-order chi connectivity index (χ0) is 12.5. The summed E-state index contributed by atoms with van der Waals surface area (Å²) < 4.78 is 5.29. The van der Waals surface area contributed by atoms with E-state index in [1.165, 1.54) is 0 Å². The lowest BCUT2D eigenvalue weighted by molar-refractivity contribution is 0.0329. The standard InChI is InChI=1S/C14H17N3O/c1-18-10-6-9(7-10)17-14-3-2-13(15)12-8-16-5-4-11(12)14/h2-5,8-10,17H,6-7,15H2,1H3. The first-order valence-corrected chi connectivity index (χ1v) is 6.19. The number of methoxy groups -OCH3 is 1. The van der Waals surface area contributed by atoms with Crippen LogP contribution in [0.15, 0.2) is 30.6 Å². The molecule has 1 aromatic carbocycles. The number of nitrogens with zero attached hydrogens (tertiary/aromatic N) is 1. The van der Waals surface area contributed by atoms with Crippen molar-refractivity contribution in [2.24, 2.45) is 0 Å². The fourth-order valence-corrected chi connectivity index (χ4v) is 2.43. The third-order valence-corrected chi connectivity index (χ3v) is 3.64. The first kappa shape index (κ1) is 11.3. The van der Waals surface area contributed by atoms with Crippen molar-refractivity contribution in [1.29, 1.82) is 0 Å². The van der Waals surface area contributed by atoms with Crippen LogP contribution in [-0.2, 0) is 4.74 Å². The van der Waals surface area contributed by atoms with Crippen LogP contribution in [0.3, 0.4) is 0 Å². The van der Waals surface area contributed by atoms with E-state index in [9.17, 15) is 0 Å². The van der Waals surface area contributed by atoms with Crippen molar-refractivity contribution in [2.45, 2.75) is 25.0 Å². The van der Waals surface area contributed by atoms with Crippen molar-refractivity contribution in [3.8, 4) is 0 Å². The van der Waals surface area contributed by atoms with Crippen LogP contribution in [0.4, 0.5) is 11.4 Å². The number of anilines is 2. The van der Waals surface area contributed by atoms with Crippen LogP contribution in [0.2, 0.25) is 0 Å². The molecule has 4 nitrogen and oxygen atoms in total. The lowest BCUT2D eigenvalue weighted by Gasteiger charge is -2.35. The van der Waals surface area contributed by atoms with Gasteiger partial charge in [0.05, 0.1) is 6.10 Å². The van der Waals surface area contributed by atoms with Gasteiger partial charge in [-0.15, -0.1) is 0 Å². The molecule has 3 rings (SSSR count). The van der Waals surface area contributed by atoms with E-state index in [1.807, 2.05) is 24.4 Å². The van der Waals surface area contributed by atoms with E-state index in [0.29, 0.717) is 12.1 Å². The van der Waals surface area contributed by atoms with Gasteiger partial charge in [0.15, 0.2) is 0 Å². The van der Waals surface area contributed by atoms with Crippen molar-refractivity contribution < 1.29 is 4.74 Å². The summed E-state index contributed by atoms with van der Waals surface area (Å²) >= 11 is 0. The zero-order valence-corrected chi connectivity index (χ0v) is 10.4. The van der Waals surface area contributed by atoms with E-state index in [1.54, 1.807) is 13.3 Å². The Morgan fingerprint density at radius 3 is 2.89 bits per heavy atom. The number of nitrogen functional groups attached to an aromatic ring is 1. The highest BCUT2D eigenvalue weighted by molar-refractivity contribution is 6.00. The van der Waals surface area contributed by atoms with Crippen molar-refractivity contribution in [1.82, 2.24) is 4.98 Å². The zero-order valence-electron chi connectivity index (χ0n) is 10.4.